The Kier molecular flexibility index (Phi) is 4.30. The number of benzene rings is 1. The lowest BCUT2D eigenvalue weighted by Gasteiger charge is -2.11. The van der Waals surface area contributed by atoms with E-state index in [9.17, 15) is 0 Å². The van der Waals surface area contributed by atoms with E-state index in [1.807, 2.05) is 31.2 Å². The maximum atomic E-state index is 5.47. The number of fused-ring (bicyclic) bond motifs is 1. The minimum absolute atomic E-state index is 0.553. The number of nitrogens with two attached hydrogens (primary N) is 1. The molecule has 0 aliphatic carbocycles. The highest BCUT2D eigenvalue weighted by Gasteiger charge is 2.04. The Morgan fingerprint density at radius 3 is 2.89 bits per heavy atom. The van der Waals surface area contributed by atoms with Crippen LogP contribution in [0.1, 0.15) is 19.0 Å². The lowest BCUT2D eigenvalue weighted by atomic mass is 10.2. The Bertz CT molecular complexity index is 591. The van der Waals surface area contributed by atoms with E-state index in [1.165, 1.54) is 0 Å². The maximum absolute atomic E-state index is 5.47. The molecule has 100 valence electrons. The molecule has 4 N–H and O–H groups in total. The molecule has 0 aliphatic heterocycles. The number of hydrogen-bond donors (Lipinski definition) is 3. The van der Waals surface area contributed by atoms with Crippen molar-refractivity contribution in [2.45, 2.75) is 20.3 Å². The second-order valence-corrected chi connectivity index (χ2v) is 4.33. The summed E-state index contributed by atoms with van der Waals surface area (Å²) in [5.74, 6) is 6.03. The smallest absolute Gasteiger partial charge is 0.210 e. The lowest BCUT2D eigenvalue weighted by Crippen LogP contribution is -2.36. The first-order valence-electron chi connectivity index (χ1n) is 6.39. The molecule has 0 saturated carbocycles. The fourth-order valence-corrected chi connectivity index (χ4v) is 1.82. The summed E-state index contributed by atoms with van der Waals surface area (Å²) >= 11 is 0. The Balaban J connectivity index is 2.36. The lowest BCUT2D eigenvalue weighted by molar-refractivity contribution is 0.905. The summed E-state index contributed by atoms with van der Waals surface area (Å²) in [5.41, 5.74) is 5.37. The number of guanidine groups is 1. The number of pyridine rings is 1. The highest BCUT2D eigenvalue weighted by Crippen LogP contribution is 2.21. The Morgan fingerprint density at radius 2 is 2.16 bits per heavy atom. The fourth-order valence-electron chi connectivity index (χ4n) is 1.82. The number of anilines is 1. The van der Waals surface area contributed by atoms with Gasteiger partial charge in [0.1, 0.15) is 0 Å². The van der Waals surface area contributed by atoms with Crippen molar-refractivity contribution in [2.24, 2.45) is 10.8 Å². The van der Waals surface area contributed by atoms with Crippen LogP contribution in [-0.4, -0.2) is 17.5 Å². The van der Waals surface area contributed by atoms with Crippen molar-refractivity contribution in [3.05, 3.63) is 36.0 Å². The molecule has 0 bridgehead atoms. The normalized spacial score (nSPS) is 11.6. The van der Waals surface area contributed by atoms with Crippen LogP contribution in [0.5, 0.6) is 0 Å². The minimum atomic E-state index is 0.553. The fraction of sp³-hybridized carbons (Fsp3) is 0.286. The molecular formula is C14H19N5. The van der Waals surface area contributed by atoms with Crippen molar-refractivity contribution in [2.75, 3.05) is 11.9 Å². The third-order valence-corrected chi connectivity index (χ3v) is 2.74. The number of aryl methyl sites for hydroxylation is 1. The molecule has 0 atom stereocenters. The first-order chi connectivity index (χ1) is 9.24. The summed E-state index contributed by atoms with van der Waals surface area (Å²) < 4.78 is 0. The molecule has 5 heteroatoms. The third-order valence-electron chi connectivity index (χ3n) is 2.74. The van der Waals surface area contributed by atoms with E-state index < -0.39 is 0 Å². The van der Waals surface area contributed by atoms with Crippen LogP contribution in [0.25, 0.3) is 10.9 Å². The summed E-state index contributed by atoms with van der Waals surface area (Å²) in [6, 6.07) is 10.0. The minimum Gasteiger partial charge on any atom is -0.323 e. The van der Waals surface area contributed by atoms with Gasteiger partial charge >= 0.3 is 0 Å². The van der Waals surface area contributed by atoms with Gasteiger partial charge in [0, 0.05) is 17.6 Å². The van der Waals surface area contributed by atoms with Crippen LogP contribution in [0.15, 0.2) is 35.3 Å². The van der Waals surface area contributed by atoms with Crippen LogP contribution in [0, 0.1) is 6.92 Å². The van der Waals surface area contributed by atoms with Gasteiger partial charge in [-0.15, -0.1) is 0 Å². The van der Waals surface area contributed by atoms with Crippen molar-refractivity contribution in [3.63, 3.8) is 0 Å². The van der Waals surface area contributed by atoms with E-state index in [0.29, 0.717) is 5.96 Å². The number of nitrogens with one attached hydrogen (secondary N) is 2. The van der Waals surface area contributed by atoms with Crippen LogP contribution < -0.4 is 16.6 Å². The number of nitrogens with zero attached hydrogens (tertiary/aromatic N) is 2. The second-order valence-electron chi connectivity index (χ2n) is 4.33. The van der Waals surface area contributed by atoms with Gasteiger partial charge < -0.3 is 5.32 Å². The molecular weight excluding hydrogens is 238 g/mol. The molecule has 1 aromatic heterocycles. The largest absolute Gasteiger partial charge is 0.323 e. The first kappa shape index (κ1) is 13.3. The molecule has 0 spiro atoms. The zero-order valence-electron chi connectivity index (χ0n) is 11.3. The van der Waals surface area contributed by atoms with Crippen molar-refractivity contribution < 1.29 is 0 Å². The molecule has 0 radical (unpaired) electrons. The number of rotatable bonds is 3. The quantitative estimate of drug-likeness (QED) is 0.341. The highest BCUT2D eigenvalue weighted by atomic mass is 15.3. The third kappa shape index (κ3) is 3.20. The number of aromatic nitrogens is 1. The van der Waals surface area contributed by atoms with E-state index in [0.717, 1.165) is 35.2 Å². The average Bonchev–Trinajstić information content (AvgIpc) is 2.43. The summed E-state index contributed by atoms with van der Waals surface area (Å²) in [7, 11) is 0. The molecule has 5 nitrogen and oxygen atoms in total. The van der Waals surface area contributed by atoms with Gasteiger partial charge in [-0.3, -0.25) is 15.4 Å². The van der Waals surface area contributed by atoms with Gasteiger partial charge in [0.25, 0.3) is 0 Å². The van der Waals surface area contributed by atoms with E-state index in [-0.39, 0.29) is 0 Å². The molecule has 2 rings (SSSR count). The molecule has 1 aromatic carbocycles. The van der Waals surface area contributed by atoms with Crippen molar-refractivity contribution >= 4 is 22.5 Å². The molecule has 0 unspecified atom stereocenters. The molecule has 0 fully saturated rings. The Hall–Kier alpha value is -2.14. The summed E-state index contributed by atoms with van der Waals surface area (Å²) in [4.78, 5) is 8.88. The van der Waals surface area contributed by atoms with Crippen LogP contribution in [0.2, 0.25) is 0 Å². The van der Waals surface area contributed by atoms with E-state index >= 15 is 0 Å². The molecule has 1 heterocycles. The number of hydrazine groups is 1. The summed E-state index contributed by atoms with van der Waals surface area (Å²) in [6.45, 7) is 4.77. The van der Waals surface area contributed by atoms with Crippen LogP contribution in [0.3, 0.4) is 0 Å². The van der Waals surface area contributed by atoms with Gasteiger partial charge in [-0.25, -0.2) is 5.84 Å². The van der Waals surface area contributed by atoms with Gasteiger partial charge in [0.05, 0.1) is 11.2 Å². The van der Waals surface area contributed by atoms with Crippen LogP contribution in [-0.2, 0) is 0 Å². The molecule has 0 aliphatic rings. The molecule has 2 aromatic rings. The first-order valence-corrected chi connectivity index (χ1v) is 6.39. The van der Waals surface area contributed by atoms with Gasteiger partial charge in [0.2, 0.25) is 5.96 Å². The van der Waals surface area contributed by atoms with Gasteiger partial charge in [-0.1, -0.05) is 25.1 Å². The molecule has 0 amide bonds. The number of aliphatic imine (C=N–C) groups is 1. The summed E-state index contributed by atoms with van der Waals surface area (Å²) in [5, 5.41) is 4.27. The van der Waals surface area contributed by atoms with Crippen LogP contribution >= 0.6 is 0 Å². The zero-order valence-corrected chi connectivity index (χ0v) is 11.3. The van der Waals surface area contributed by atoms with Crippen LogP contribution in [0.4, 0.5) is 5.69 Å². The van der Waals surface area contributed by atoms with Crippen molar-refractivity contribution in [1.82, 2.24) is 10.4 Å². The Labute approximate surface area is 112 Å². The van der Waals surface area contributed by atoms with Crippen molar-refractivity contribution in [1.29, 1.82) is 0 Å². The zero-order chi connectivity index (χ0) is 13.7. The average molecular weight is 257 g/mol. The van der Waals surface area contributed by atoms with E-state index in [4.69, 9.17) is 5.84 Å². The van der Waals surface area contributed by atoms with Gasteiger partial charge in [-0.05, 0) is 25.5 Å². The van der Waals surface area contributed by atoms with E-state index in [2.05, 4.69) is 33.7 Å². The predicted octanol–water partition coefficient (Wildman–Crippen LogP) is 2.18. The summed E-state index contributed by atoms with van der Waals surface area (Å²) in [6.07, 6.45) is 0.972. The van der Waals surface area contributed by atoms with E-state index in [1.54, 1.807) is 0 Å². The maximum Gasteiger partial charge on any atom is 0.210 e. The highest BCUT2D eigenvalue weighted by molar-refractivity contribution is 6.01. The molecule has 19 heavy (non-hydrogen) atoms. The Morgan fingerprint density at radius 1 is 1.32 bits per heavy atom. The SMILES string of the molecule is CCCN=C(NN)Nc1cccc2ccc(C)nc12. The monoisotopic (exact) mass is 257 g/mol. The van der Waals surface area contributed by atoms with Gasteiger partial charge in [-0.2, -0.15) is 0 Å². The topological polar surface area (TPSA) is 75.3 Å². The number of para-hydroxylation sites is 1. The predicted molar refractivity (Wildman–Crippen MR) is 80.0 cm³/mol. The standard InChI is InChI=1S/C14H19N5/c1-3-9-16-14(19-15)18-12-6-4-5-11-8-7-10(2)17-13(11)12/h4-8H,3,9,15H2,1-2H3,(H2,16,18,19). The number of hydrogen-bond acceptors (Lipinski definition) is 3. The molecule has 0 saturated heterocycles. The van der Waals surface area contributed by atoms with Crippen molar-refractivity contribution in [3.8, 4) is 0 Å². The second kappa shape index (κ2) is 6.15. The van der Waals surface area contributed by atoms with Gasteiger partial charge in [0.15, 0.2) is 0 Å².